The van der Waals surface area contributed by atoms with Crippen molar-refractivity contribution in [1.82, 2.24) is 0 Å². The molecule has 0 fully saturated rings. The average Bonchev–Trinajstić information content (AvgIpc) is 2.42. The van der Waals surface area contributed by atoms with Crippen LogP contribution in [0, 0.1) is 0 Å². The van der Waals surface area contributed by atoms with Crippen molar-refractivity contribution in [2.45, 2.75) is 34.1 Å². The molecule has 0 aromatic heterocycles. The normalized spacial score (nSPS) is 17.7. The summed E-state index contributed by atoms with van der Waals surface area (Å²) in [6.07, 6.45) is 6.33. The summed E-state index contributed by atoms with van der Waals surface area (Å²) in [4.78, 5) is 8.89. The molecule has 0 aromatic rings. The second kappa shape index (κ2) is 6.85. The molecule has 0 atom stereocenters. The first-order valence-electron chi connectivity index (χ1n) is 6.73. The molecule has 0 aromatic carbocycles. The SMILES string of the molecule is C=C/C(=C\C)C1=CN=C(N)/C(=N/C(CC)=C(C)C)C1=C. The van der Waals surface area contributed by atoms with Crippen molar-refractivity contribution in [2.24, 2.45) is 15.7 Å². The Morgan fingerprint density at radius 2 is 2.10 bits per heavy atom. The molecular formula is C17H23N3. The Kier molecular flexibility index (Phi) is 5.44. The number of aliphatic imine (C=N–C) groups is 2. The van der Waals surface area contributed by atoms with E-state index in [1.54, 1.807) is 12.3 Å². The van der Waals surface area contributed by atoms with Crippen LogP contribution in [0.2, 0.25) is 0 Å². The average molecular weight is 269 g/mol. The minimum atomic E-state index is 0.408. The number of rotatable bonds is 4. The molecule has 106 valence electrons. The Bertz CT molecular complexity index is 577. The summed E-state index contributed by atoms with van der Waals surface area (Å²) in [5, 5.41) is 0. The van der Waals surface area contributed by atoms with E-state index in [2.05, 4.69) is 30.1 Å². The molecule has 3 nitrogen and oxygen atoms in total. The molecule has 0 unspecified atom stereocenters. The van der Waals surface area contributed by atoms with Gasteiger partial charge >= 0.3 is 0 Å². The largest absolute Gasteiger partial charge is 0.382 e. The van der Waals surface area contributed by atoms with Crippen LogP contribution in [0.25, 0.3) is 0 Å². The zero-order chi connectivity index (χ0) is 15.3. The Labute approximate surface area is 121 Å². The van der Waals surface area contributed by atoms with Gasteiger partial charge in [0, 0.05) is 23.0 Å². The van der Waals surface area contributed by atoms with Crippen molar-refractivity contribution in [3.63, 3.8) is 0 Å². The van der Waals surface area contributed by atoms with Gasteiger partial charge < -0.3 is 5.73 Å². The van der Waals surface area contributed by atoms with E-state index in [4.69, 9.17) is 5.73 Å². The number of hydrogen-bond donors (Lipinski definition) is 1. The van der Waals surface area contributed by atoms with Crippen molar-refractivity contribution in [3.05, 3.63) is 59.5 Å². The summed E-state index contributed by atoms with van der Waals surface area (Å²) >= 11 is 0. The smallest absolute Gasteiger partial charge is 0.149 e. The molecule has 2 N–H and O–H groups in total. The van der Waals surface area contributed by atoms with Crippen molar-refractivity contribution in [1.29, 1.82) is 0 Å². The summed E-state index contributed by atoms with van der Waals surface area (Å²) in [6, 6.07) is 0. The zero-order valence-electron chi connectivity index (χ0n) is 12.8. The lowest BCUT2D eigenvalue weighted by atomic mass is 9.93. The minimum absolute atomic E-state index is 0.408. The number of nitrogens with two attached hydrogens (primary N) is 1. The van der Waals surface area contributed by atoms with Crippen molar-refractivity contribution in [2.75, 3.05) is 0 Å². The highest BCUT2D eigenvalue weighted by Crippen LogP contribution is 2.25. The predicted molar refractivity (Wildman–Crippen MR) is 88.9 cm³/mol. The van der Waals surface area contributed by atoms with Crippen LogP contribution >= 0.6 is 0 Å². The van der Waals surface area contributed by atoms with E-state index in [1.165, 1.54) is 5.57 Å². The molecule has 0 radical (unpaired) electrons. The highest BCUT2D eigenvalue weighted by Gasteiger charge is 2.19. The Morgan fingerprint density at radius 3 is 2.55 bits per heavy atom. The van der Waals surface area contributed by atoms with Crippen LogP contribution in [0.1, 0.15) is 34.1 Å². The van der Waals surface area contributed by atoms with Gasteiger partial charge in [-0.05, 0) is 32.8 Å². The molecule has 0 bridgehead atoms. The Morgan fingerprint density at radius 1 is 1.45 bits per heavy atom. The van der Waals surface area contributed by atoms with Gasteiger partial charge in [0.05, 0.1) is 0 Å². The van der Waals surface area contributed by atoms with Crippen LogP contribution in [-0.4, -0.2) is 11.5 Å². The summed E-state index contributed by atoms with van der Waals surface area (Å²) in [5.41, 5.74) is 11.5. The third-order valence-electron chi connectivity index (χ3n) is 3.19. The van der Waals surface area contributed by atoms with E-state index in [0.717, 1.165) is 28.8 Å². The molecule has 0 saturated heterocycles. The Balaban J connectivity index is 3.34. The van der Waals surface area contributed by atoms with Crippen molar-refractivity contribution in [3.8, 4) is 0 Å². The van der Waals surface area contributed by atoms with Crippen LogP contribution in [0.15, 0.2) is 69.5 Å². The molecule has 1 aliphatic heterocycles. The zero-order valence-corrected chi connectivity index (χ0v) is 12.8. The fourth-order valence-corrected chi connectivity index (χ4v) is 1.99. The van der Waals surface area contributed by atoms with Gasteiger partial charge in [-0.3, -0.25) is 0 Å². The van der Waals surface area contributed by atoms with Crippen LogP contribution in [0.4, 0.5) is 0 Å². The van der Waals surface area contributed by atoms with E-state index in [1.807, 2.05) is 26.8 Å². The van der Waals surface area contributed by atoms with Gasteiger partial charge in [0.1, 0.15) is 11.5 Å². The third kappa shape index (κ3) is 3.23. The lowest BCUT2D eigenvalue weighted by molar-refractivity contribution is 1.02. The quantitative estimate of drug-likeness (QED) is 0.768. The minimum Gasteiger partial charge on any atom is -0.382 e. The number of allylic oxidation sites excluding steroid dienone is 6. The summed E-state index contributed by atoms with van der Waals surface area (Å²) in [5.74, 6) is 0.408. The third-order valence-corrected chi connectivity index (χ3v) is 3.19. The van der Waals surface area contributed by atoms with Gasteiger partial charge in [-0.25, -0.2) is 9.98 Å². The van der Waals surface area contributed by atoms with Crippen molar-refractivity contribution >= 4 is 11.5 Å². The molecule has 20 heavy (non-hydrogen) atoms. The second-order valence-electron chi connectivity index (χ2n) is 4.74. The first-order chi connectivity index (χ1) is 9.46. The standard InChI is InChI=1S/C17H23N3/c1-7-13(8-2)14-10-19-17(18)16(12(14)6)20-15(9-3)11(4)5/h7-8,10H,1,6,9H2,2-5H3,(H2,18,19)/b13-8+,20-16+. The summed E-state index contributed by atoms with van der Waals surface area (Å²) in [6.45, 7) is 16.0. The number of nitrogens with zero attached hydrogens (tertiary/aromatic N) is 2. The van der Waals surface area contributed by atoms with Crippen LogP contribution < -0.4 is 5.73 Å². The highest BCUT2D eigenvalue weighted by atomic mass is 14.9. The summed E-state index contributed by atoms with van der Waals surface area (Å²) < 4.78 is 0. The maximum atomic E-state index is 5.96. The van der Waals surface area contributed by atoms with Gasteiger partial charge in [0.25, 0.3) is 0 Å². The first-order valence-corrected chi connectivity index (χ1v) is 6.73. The topological polar surface area (TPSA) is 50.7 Å². The number of amidine groups is 1. The van der Waals surface area contributed by atoms with Gasteiger partial charge in [0.2, 0.25) is 0 Å². The molecule has 0 aliphatic carbocycles. The van der Waals surface area contributed by atoms with Gasteiger partial charge in [-0.15, -0.1) is 0 Å². The van der Waals surface area contributed by atoms with E-state index < -0.39 is 0 Å². The first kappa shape index (κ1) is 15.9. The lowest BCUT2D eigenvalue weighted by Gasteiger charge is -2.18. The monoisotopic (exact) mass is 269 g/mol. The fourth-order valence-electron chi connectivity index (χ4n) is 1.99. The molecule has 3 heteroatoms. The molecular weight excluding hydrogens is 246 g/mol. The second-order valence-corrected chi connectivity index (χ2v) is 4.74. The molecule has 1 rings (SSSR count). The lowest BCUT2D eigenvalue weighted by Crippen LogP contribution is -2.28. The van der Waals surface area contributed by atoms with Crippen molar-refractivity contribution < 1.29 is 0 Å². The van der Waals surface area contributed by atoms with Crippen LogP contribution in [0.3, 0.4) is 0 Å². The van der Waals surface area contributed by atoms with Gasteiger partial charge in [0.15, 0.2) is 0 Å². The Hall–Kier alpha value is -2.16. The maximum absolute atomic E-state index is 5.96. The van der Waals surface area contributed by atoms with Gasteiger partial charge in [-0.2, -0.15) is 0 Å². The van der Waals surface area contributed by atoms with Gasteiger partial charge in [-0.1, -0.05) is 37.8 Å². The molecule has 0 amide bonds. The predicted octanol–water partition coefficient (Wildman–Crippen LogP) is 4.07. The highest BCUT2D eigenvalue weighted by molar-refractivity contribution is 6.49. The number of hydrogen-bond acceptors (Lipinski definition) is 3. The van der Waals surface area contributed by atoms with E-state index in [-0.39, 0.29) is 0 Å². The van der Waals surface area contributed by atoms with Crippen LogP contribution in [0.5, 0.6) is 0 Å². The van der Waals surface area contributed by atoms with E-state index in [0.29, 0.717) is 11.5 Å². The van der Waals surface area contributed by atoms with E-state index in [9.17, 15) is 0 Å². The molecule has 1 aliphatic rings. The summed E-state index contributed by atoms with van der Waals surface area (Å²) in [7, 11) is 0. The molecule has 0 spiro atoms. The molecule has 0 saturated carbocycles. The van der Waals surface area contributed by atoms with Crippen LogP contribution in [-0.2, 0) is 0 Å². The fraction of sp³-hybridized carbons (Fsp3) is 0.294. The maximum Gasteiger partial charge on any atom is 0.149 e. The van der Waals surface area contributed by atoms with E-state index >= 15 is 0 Å². The molecule has 1 heterocycles.